The van der Waals surface area contributed by atoms with Gasteiger partial charge >= 0.3 is 5.97 Å². The molecule has 3 aromatic carbocycles. The molecule has 25 heavy (non-hydrogen) atoms. The quantitative estimate of drug-likeness (QED) is 0.624. The van der Waals surface area contributed by atoms with Gasteiger partial charge in [0.2, 0.25) is 0 Å². The highest BCUT2D eigenvalue weighted by Crippen LogP contribution is 2.25. The first kappa shape index (κ1) is 16.5. The van der Waals surface area contributed by atoms with Crippen LogP contribution in [0.4, 0.5) is 0 Å². The minimum Gasteiger partial charge on any atom is -0.508 e. The summed E-state index contributed by atoms with van der Waals surface area (Å²) in [4.78, 5) is 15.7. The second kappa shape index (κ2) is 7.05. The molecule has 0 fully saturated rings. The third kappa shape index (κ3) is 3.77. The van der Waals surface area contributed by atoms with Crippen LogP contribution in [-0.2, 0) is 11.2 Å². The van der Waals surface area contributed by atoms with Gasteiger partial charge in [-0.25, -0.2) is 4.79 Å². The number of hydrogen-bond donors (Lipinski definition) is 3. The molecular formula is C20H17NO4. The van der Waals surface area contributed by atoms with Crippen molar-refractivity contribution in [2.75, 3.05) is 0 Å². The summed E-state index contributed by atoms with van der Waals surface area (Å²) >= 11 is 0. The molecule has 3 aromatic rings. The number of aliphatic imine (C=N–C) groups is 1. The van der Waals surface area contributed by atoms with Crippen LogP contribution in [0.3, 0.4) is 0 Å². The van der Waals surface area contributed by atoms with E-state index in [0.29, 0.717) is 5.56 Å². The van der Waals surface area contributed by atoms with Crippen molar-refractivity contribution in [1.82, 2.24) is 0 Å². The second-order valence-electron chi connectivity index (χ2n) is 5.72. The molecule has 0 unspecified atom stereocenters. The zero-order valence-electron chi connectivity index (χ0n) is 13.3. The Bertz CT molecular complexity index is 932. The number of carboxylic acids is 1. The third-order valence-electron chi connectivity index (χ3n) is 3.98. The Kier molecular flexibility index (Phi) is 4.66. The molecule has 3 rings (SSSR count). The van der Waals surface area contributed by atoms with Crippen LogP contribution in [0.2, 0.25) is 0 Å². The second-order valence-corrected chi connectivity index (χ2v) is 5.72. The Balaban J connectivity index is 1.91. The van der Waals surface area contributed by atoms with E-state index in [-0.39, 0.29) is 17.9 Å². The Hall–Kier alpha value is -3.34. The van der Waals surface area contributed by atoms with Crippen LogP contribution >= 0.6 is 0 Å². The molecule has 0 aliphatic carbocycles. The normalized spacial score (nSPS) is 12.5. The molecule has 0 aliphatic heterocycles. The van der Waals surface area contributed by atoms with Gasteiger partial charge in [-0.15, -0.1) is 0 Å². The number of aliphatic carboxylic acids is 1. The zero-order valence-corrected chi connectivity index (χ0v) is 13.3. The first-order valence-corrected chi connectivity index (χ1v) is 7.79. The zero-order chi connectivity index (χ0) is 17.8. The van der Waals surface area contributed by atoms with Crippen molar-refractivity contribution in [2.24, 2.45) is 4.99 Å². The summed E-state index contributed by atoms with van der Waals surface area (Å²) in [5, 5.41) is 30.6. The van der Waals surface area contributed by atoms with Crippen LogP contribution in [0.5, 0.6) is 11.5 Å². The van der Waals surface area contributed by atoms with E-state index in [0.717, 1.165) is 16.3 Å². The minimum absolute atomic E-state index is 0.0521. The lowest BCUT2D eigenvalue weighted by molar-refractivity contribution is -0.138. The van der Waals surface area contributed by atoms with Crippen molar-refractivity contribution in [1.29, 1.82) is 0 Å². The van der Waals surface area contributed by atoms with E-state index in [1.54, 1.807) is 24.3 Å². The molecule has 5 nitrogen and oxygen atoms in total. The van der Waals surface area contributed by atoms with Crippen molar-refractivity contribution in [3.8, 4) is 11.5 Å². The standard InChI is InChI=1S/C20H17NO4/c22-15-8-5-13(6-9-15)11-18(20(24)25)21-12-17-16-4-2-1-3-14(16)7-10-19(17)23/h1-10,12,18,22-23H,11H2,(H,24,25)/t18-/m0/s1. The Morgan fingerprint density at radius 3 is 2.44 bits per heavy atom. The molecule has 0 aromatic heterocycles. The van der Waals surface area contributed by atoms with Gasteiger partial charge in [-0.05, 0) is 34.5 Å². The SMILES string of the molecule is O=C(O)[C@H](Cc1ccc(O)cc1)N=Cc1c(O)ccc2ccccc12. The molecule has 0 saturated carbocycles. The van der Waals surface area contributed by atoms with Crippen molar-refractivity contribution in [2.45, 2.75) is 12.5 Å². The Morgan fingerprint density at radius 2 is 1.72 bits per heavy atom. The molecule has 0 bridgehead atoms. The molecule has 1 atom stereocenters. The van der Waals surface area contributed by atoms with Crippen LogP contribution in [0, 0.1) is 0 Å². The maximum atomic E-state index is 11.5. The van der Waals surface area contributed by atoms with Crippen LogP contribution in [0.25, 0.3) is 10.8 Å². The smallest absolute Gasteiger partial charge is 0.328 e. The van der Waals surface area contributed by atoms with Crippen LogP contribution < -0.4 is 0 Å². The molecule has 5 heteroatoms. The lowest BCUT2D eigenvalue weighted by atomic mass is 10.0. The van der Waals surface area contributed by atoms with Gasteiger partial charge in [0.15, 0.2) is 6.04 Å². The number of phenolic OH excluding ortho intramolecular Hbond substituents is 2. The Labute approximate surface area is 144 Å². The van der Waals surface area contributed by atoms with E-state index in [2.05, 4.69) is 4.99 Å². The van der Waals surface area contributed by atoms with Crippen LogP contribution in [0.15, 0.2) is 65.7 Å². The fourth-order valence-electron chi connectivity index (χ4n) is 2.64. The largest absolute Gasteiger partial charge is 0.508 e. The first-order valence-electron chi connectivity index (χ1n) is 7.79. The van der Waals surface area contributed by atoms with Gasteiger partial charge in [-0.2, -0.15) is 0 Å². The van der Waals surface area contributed by atoms with Crippen LogP contribution in [0.1, 0.15) is 11.1 Å². The molecule has 3 N–H and O–H groups in total. The lowest BCUT2D eigenvalue weighted by Gasteiger charge is -2.09. The van der Waals surface area contributed by atoms with E-state index in [4.69, 9.17) is 0 Å². The first-order chi connectivity index (χ1) is 12.0. The van der Waals surface area contributed by atoms with Gasteiger partial charge in [0.25, 0.3) is 0 Å². The maximum absolute atomic E-state index is 11.5. The van der Waals surface area contributed by atoms with E-state index in [1.165, 1.54) is 18.3 Å². The van der Waals surface area contributed by atoms with E-state index < -0.39 is 12.0 Å². The molecule has 0 radical (unpaired) electrons. The topological polar surface area (TPSA) is 90.1 Å². The summed E-state index contributed by atoms with van der Waals surface area (Å²) in [6, 6.07) is 16.2. The van der Waals surface area contributed by atoms with Gasteiger partial charge in [0.1, 0.15) is 11.5 Å². The molecule has 0 spiro atoms. The monoisotopic (exact) mass is 335 g/mol. The molecular weight excluding hydrogens is 318 g/mol. The number of nitrogens with zero attached hydrogens (tertiary/aromatic N) is 1. The van der Waals surface area contributed by atoms with E-state index in [1.807, 2.05) is 24.3 Å². The highest BCUT2D eigenvalue weighted by molar-refractivity contribution is 6.02. The predicted molar refractivity (Wildman–Crippen MR) is 96.4 cm³/mol. The highest BCUT2D eigenvalue weighted by Gasteiger charge is 2.16. The van der Waals surface area contributed by atoms with Crippen molar-refractivity contribution >= 4 is 23.0 Å². The number of carbonyl (C=O) groups is 1. The fourth-order valence-corrected chi connectivity index (χ4v) is 2.64. The summed E-state index contributed by atoms with van der Waals surface area (Å²) in [6.07, 6.45) is 1.61. The molecule has 0 amide bonds. The number of phenols is 2. The predicted octanol–water partition coefficient (Wildman–Crippen LogP) is 3.37. The molecule has 126 valence electrons. The van der Waals surface area contributed by atoms with Gasteiger partial charge < -0.3 is 15.3 Å². The average Bonchev–Trinajstić information content (AvgIpc) is 2.61. The number of rotatable bonds is 5. The summed E-state index contributed by atoms with van der Waals surface area (Å²) in [7, 11) is 0. The van der Waals surface area contributed by atoms with Crippen molar-refractivity contribution < 1.29 is 20.1 Å². The number of fused-ring (bicyclic) bond motifs is 1. The maximum Gasteiger partial charge on any atom is 0.328 e. The third-order valence-corrected chi connectivity index (χ3v) is 3.98. The molecule has 0 saturated heterocycles. The van der Waals surface area contributed by atoms with E-state index in [9.17, 15) is 20.1 Å². The lowest BCUT2D eigenvalue weighted by Crippen LogP contribution is -2.21. The van der Waals surface area contributed by atoms with E-state index >= 15 is 0 Å². The van der Waals surface area contributed by atoms with Gasteiger partial charge in [0, 0.05) is 18.2 Å². The fraction of sp³-hybridized carbons (Fsp3) is 0.100. The summed E-state index contributed by atoms with van der Waals surface area (Å²) < 4.78 is 0. The van der Waals surface area contributed by atoms with Crippen molar-refractivity contribution in [3.05, 3.63) is 71.8 Å². The van der Waals surface area contributed by atoms with Gasteiger partial charge in [-0.1, -0.05) is 42.5 Å². The summed E-state index contributed by atoms with van der Waals surface area (Å²) in [5.74, 6) is -0.875. The molecule has 0 heterocycles. The average molecular weight is 335 g/mol. The number of benzene rings is 3. The van der Waals surface area contributed by atoms with Gasteiger partial charge in [0.05, 0.1) is 0 Å². The Morgan fingerprint density at radius 1 is 1.00 bits per heavy atom. The number of aromatic hydroxyl groups is 2. The molecule has 0 aliphatic rings. The number of carboxylic acid groups (broad SMARTS) is 1. The van der Waals surface area contributed by atoms with Crippen molar-refractivity contribution in [3.63, 3.8) is 0 Å². The highest BCUT2D eigenvalue weighted by atomic mass is 16.4. The van der Waals surface area contributed by atoms with Crippen LogP contribution in [-0.4, -0.2) is 33.5 Å². The van der Waals surface area contributed by atoms with Gasteiger partial charge in [-0.3, -0.25) is 4.99 Å². The minimum atomic E-state index is -1.05. The summed E-state index contributed by atoms with van der Waals surface area (Å²) in [6.45, 7) is 0. The summed E-state index contributed by atoms with van der Waals surface area (Å²) in [5.41, 5.74) is 1.25. The number of hydrogen-bond acceptors (Lipinski definition) is 4.